The summed E-state index contributed by atoms with van der Waals surface area (Å²) in [6, 6.07) is 0.324. The van der Waals surface area contributed by atoms with E-state index in [4.69, 9.17) is 0 Å². The van der Waals surface area contributed by atoms with Crippen molar-refractivity contribution in [1.29, 1.82) is 0 Å². The number of rotatable bonds is 2. The number of piperazine rings is 1. The number of carbonyl (C=O) groups is 2. The minimum absolute atomic E-state index is 0.0196. The van der Waals surface area contributed by atoms with Gasteiger partial charge in [0.25, 0.3) is 0 Å². The minimum atomic E-state index is -0.321. The Morgan fingerprint density at radius 2 is 2.00 bits per heavy atom. The summed E-state index contributed by atoms with van der Waals surface area (Å²) >= 11 is 0. The van der Waals surface area contributed by atoms with Gasteiger partial charge in [-0.05, 0) is 37.6 Å². The van der Waals surface area contributed by atoms with Crippen LogP contribution in [0.4, 0.5) is 0 Å². The third kappa shape index (κ3) is 2.23. The molecule has 1 aliphatic carbocycles. The van der Waals surface area contributed by atoms with Crippen LogP contribution in [0.1, 0.15) is 32.1 Å². The van der Waals surface area contributed by atoms with Gasteiger partial charge in [0.15, 0.2) is 0 Å². The van der Waals surface area contributed by atoms with Crippen molar-refractivity contribution in [3.8, 4) is 0 Å². The van der Waals surface area contributed by atoms with Crippen LogP contribution in [0.25, 0.3) is 0 Å². The lowest BCUT2D eigenvalue weighted by Crippen LogP contribution is -2.56. The van der Waals surface area contributed by atoms with Gasteiger partial charge in [-0.3, -0.25) is 9.59 Å². The van der Waals surface area contributed by atoms with Gasteiger partial charge in [0.2, 0.25) is 11.8 Å². The molecule has 3 rings (SSSR count). The van der Waals surface area contributed by atoms with E-state index < -0.39 is 0 Å². The molecule has 0 aromatic heterocycles. The van der Waals surface area contributed by atoms with E-state index in [2.05, 4.69) is 16.0 Å². The van der Waals surface area contributed by atoms with E-state index in [1.165, 1.54) is 25.7 Å². The molecule has 0 radical (unpaired) electrons. The van der Waals surface area contributed by atoms with Crippen molar-refractivity contribution in [3.63, 3.8) is 0 Å². The average Bonchev–Trinajstić information content (AvgIpc) is 2.78. The van der Waals surface area contributed by atoms with Crippen molar-refractivity contribution in [3.05, 3.63) is 0 Å². The second-order valence-corrected chi connectivity index (χ2v) is 5.80. The average molecular weight is 251 g/mol. The Morgan fingerprint density at radius 1 is 1.17 bits per heavy atom. The van der Waals surface area contributed by atoms with Crippen molar-refractivity contribution in [2.45, 2.75) is 44.2 Å². The van der Waals surface area contributed by atoms with Crippen LogP contribution in [0, 0.1) is 11.8 Å². The maximum Gasteiger partial charge on any atom is 0.243 e. The fourth-order valence-electron chi connectivity index (χ4n) is 3.76. The molecule has 1 saturated carbocycles. The van der Waals surface area contributed by atoms with E-state index in [-0.39, 0.29) is 24.4 Å². The lowest BCUT2D eigenvalue weighted by atomic mass is 9.77. The third-order valence-corrected chi connectivity index (χ3v) is 4.68. The largest absolute Gasteiger partial charge is 0.345 e. The lowest BCUT2D eigenvalue weighted by Gasteiger charge is -2.31. The van der Waals surface area contributed by atoms with Gasteiger partial charge in [-0.1, -0.05) is 12.8 Å². The first-order valence-corrected chi connectivity index (χ1v) is 7.04. The summed E-state index contributed by atoms with van der Waals surface area (Å²) < 4.78 is 0. The van der Waals surface area contributed by atoms with E-state index in [9.17, 15) is 9.59 Å². The number of hydrogen-bond acceptors (Lipinski definition) is 3. The normalized spacial score (nSPS) is 40.0. The quantitative estimate of drug-likeness (QED) is 0.635. The molecule has 0 aromatic carbocycles. The van der Waals surface area contributed by atoms with Gasteiger partial charge in [-0.2, -0.15) is 0 Å². The van der Waals surface area contributed by atoms with Crippen LogP contribution < -0.4 is 16.0 Å². The van der Waals surface area contributed by atoms with Crippen LogP contribution >= 0.6 is 0 Å². The highest BCUT2D eigenvalue weighted by Crippen LogP contribution is 2.36. The summed E-state index contributed by atoms with van der Waals surface area (Å²) in [7, 11) is 0. The van der Waals surface area contributed by atoms with Gasteiger partial charge in [0.1, 0.15) is 6.04 Å². The maximum atomic E-state index is 11.7. The molecule has 5 heteroatoms. The van der Waals surface area contributed by atoms with Crippen LogP contribution in [0.15, 0.2) is 0 Å². The van der Waals surface area contributed by atoms with Crippen LogP contribution in [-0.2, 0) is 9.59 Å². The molecule has 2 saturated heterocycles. The molecule has 3 aliphatic rings. The standard InChI is InChI=1S/C13H21N3O2/c17-12-7-15-13(18)11(16-12)5-8-6-14-10-4-2-1-3-9(8)10/h8-11,14H,1-7H2,(H,15,18)(H,16,17). The molecular weight excluding hydrogens is 230 g/mol. The van der Waals surface area contributed by atoms with Crippen molar-refractivity contribution in [2.24, 2.45) is 11.8 Å². The number of nitrogens with one attached hydrogen (secondary N) is 3. The molecule has 18 heavy (non-hydrogen) atoms. The Kier molecular flexibility index (Phi) is 3.24. The molecule has 0 spiro atoms. The number of hydrogen-bond donors (Lipinski definition) is 3. The van der Waals surface area contributed by atoms with Crippen molar-refractivity contribution >= 4 is 11.8 Å². The molecule has 0 aromatic rings. The SMILES string of the molecule is O=C1CNC(=O)C(CC2CNC3CCCCC23)N1. The molecule has 3 fully saturated rings. The topological polar surface area (TPSA) is 70.2 Å². The summed E-state index contributed by atoms with van der Waals surface area (Å²) in [4.78, 5) is 23.1. The van der Waals surface area contributed by atoms with Crippen molar-refractivity contribution in [1.82, 2.24) is 16.0 Å². The Balaban J connectivity index is 1.62. The second-order valence-electron chi connectivity index (χ2n) is 5.80. The summed E-state index contributed by atoms with van der Waals surface area (Å²) in [5, 5.41) is 9.05. The maximum absolute atomic E-state index is 11.7. The predicted molar refractivity (Wildman–Crippen MR) is 66.8 cm³/mol. The van der Waals surface area contributed by atoms with E-state index in [1.54, 1.807) is 0 Å². The fraction of sp³-hybridized carbons (Fsp3) is 0.846. The predicted octanol–water partition coefficient (Wildman–Crippen LogP) is -0.231. The van der Waals surface area contributed by atoms with E-state index in [0.29, 0.717) is 17.9 Å². The van der Waals surface area contributed by atoms with Crippen LogP contribution in [-0.4, -0.2) is 37.0 Å². The summed E-state index contributed by atoms with van der Waals surface area (Å²) in [6.07, 6.45) is 5.95. The van der Waals surface area contributed by atoms with Crippen molar-refractivity contribution in [2.75, 3.05) is 13.1 Å². The Morgan fingerprint density at radius 3 is 2.89 bits per heavy atom. The van der Waals surface area contributed by atoms with E-state index in [1.807, 2.05) is 0 Å². The van der Waals surface area contributed by atoms with E-state index >= 15 is 0 Å². The van der Waals surface area contributed by atoms with E-state index in [0.717, 1.165) is 13.0 Å². The fourth-order valence-corrected chi connectivity index (χ4v) is 3.76. The minimum Gasteiger partial charge on any atom is -0.345 e. The molecule has 100 valence electrons. The summed E-state index contributed by atoms with van der Waals surface area (Å²) in [6.45, 7) is 1.12. The van der Waals surface area contributed by atoms with Gasteiger partial charge in [-0.15, -0.1) is 0 Å². The molecular formula is C13H21N3O2. The zero-order valence-electron chi connectivity index (χ0n) is 10.6. The molecule has 2 amide bonds. The molecule has 4 atom stereocenters. The highest BCUT2D eigenvalue weighted by atomic mass is 16.2. The summed E-state index contributed by atoms with van der Waals surface area (Å²) in [5.74, 6) is 1.15. The van der Waals surface area contributed by atoms with Gasteiger partial charge < -0.3 is 16.0 Å². The first-order chi connectivity index (χ1) is 8.74. The molecule has 2 heterocycles. The van der Waals surface area contributed by atoms with Crippen LogP contribution in [0.2, 0.25) is 0 Å². The first kappa shape index (κ1) is 12.0. The number of carbonyl (C=O) groups excluding carboxylic acids is 2. The lowest BCUT2D eigenvalue weighted by molar-refractivity contribution is -0.134. The second kappa shape index (κ2) is 4.88. The smallest absolute Gasteiger partial charge is 0.243 e. The zero-order chi connectivity index (χ0) is 12.5. The molecule has 4 unspecified atom stereocenters. The number of amides is 2. The molecule has 3 N–H and O–H groups in total. The molecule has 2 aliphatic heterocycles. The molecule has 0 bridgehead atoms. The number of fused-ring (bicyclic) bond motifs is 1. The zero-order valence-corrected chi connectivity index (χ0v) is 10.6. The van der Waals surface area contributed by atoms with Gasteiger partial charge in [0.05, 0.1) is 6.54 Å². The van der Waals surface area contributed by atoms with Crippen molar-refractivity contribution < 1.29 is 9.59 Å². The molecule has 5 nitrogen and oxygen atoms in total. The van der Waals surface area contributed by atoms with Gasteiger partial charge in [0, 0.05) is 6.04 Å². The highest BCUT2D eigenvalue weighted by Gasteiger charge is 2.39. The van der Waals surface area contributed by atoms with Crippen LogP contribution in [0.5, 0.6) is 0 Å². The van der Waals surface area contributed by atoms with Crippen LogP contribution in [0.3, 0.4) is 0 Å². The third-order valence-electron chi connectivity index (χ3n) is 4.68. The van der Waals surface area contributed by atoms with Gasteiger partial charge in [-0.25, -0.2) is 0 Å². The van der Waals surface area contributed by atoms with Gasteiger partial charge >= 0.3 is 0 Å². The first-order valence-electron chi connectivity index (χ1n) is 7.04. The highest BCUT2D eigenvalue weighted by molar-refractivity contribution is 5.94. The monoisotopic (exact) mass is 251 g/mol. The Labute approximate surface area is 107 Å². The Bertz CT molecular complexity index is 358. The summed E-state index contributed by atoms with van der Waals surface area (Å²) in [5.41, 5.74) is 0. The Hall–Kier alpha value is -1.10.